The van der Waals surface area contributed by atoms with Crippen molar-refractivity contribution in [3.63, 3.8) is 0 Å². The fourth-order valence-electron chi connectivity index (χ4n) is 3.29. The normalized spacial score (nSPS) is 11.6. The predicted molar refractivity (Wildman–Crippen MR) is 117 cm³/mol. The molecule has 3 rings (SSSR count). The van der Waals surface area contributed by atoms with Gasteiger partial charge in [0.05, 0.1) is 10.9 Å². The molecule has 1 aromatic carbocycles. The van der Waals surface area contributed by atoms with Gasteiger partial charge in [-0.05, 0) is 34.1 Å². The van der Waals surface area contributed by atoms with Crippen LogP contribution in [0.15, 0.2) is 30.6 Å². The Morgan fingerprint density at radius 1 is 1.13 bits per heavy atom. The largest absolute Gasteiger partial charge is 0.383 e. The van der Waals surface area contributed by atoms with Crippen LogP contribution in [0.4, 0.5) is 5.82 Å². The Morgan fingerprint density at radius 3 is 2.50 bits per heavy atom. The summed E-state index contributed by atoms with van der Waals surface area (Å²) in [5, 5.41) is 8.47. The van der Waals surface area contributed by atoms with Gasteiger partial charge in [0.2, 0.25) is 5.91 Å². The van der Waals surface area contributed by atoms with Gasteiger partial charge in [0.15, 0.2) is 5.65 Å². The minimum absolute atomic E-state index is 0.0892. The van der Waals surface area contributed by atoms with Crippen LogP contribution in [0.2, 0.25) is 0 Å². The average molecular weight is 409 g/mol. The van der Waals surface area contributed by atoms with Gasteiger partial charge in [0, 0.05) is 24.9 Å². The third-order valence-electron chi connectivity index (χ3n) is 5.04. The summed E-state index contributed by atoms with van der Waals surface area (Å²) >= 11 is 0. The summed E-state index contributed by atoms with van der Waals surface area (Å²) in [4.78, 5) is 31.8. The van der Waals surface area contributed by atoms with Crippen molar-refractivity contribution in [2.24, 2.45) is 0 Å². The lowest BCUT2D eigenvalue weighted by Crippen LogP contribution is -2.41. The summed E-state index contributed by atoms with van der Waals surface area (Å²) in [6.07, 6.45) is 2.70. The van der Waals surface area contributed by atoms with E-state index in [1.165, 1.54) is 13.3 Å². The first kappa shape index (κ1) is 21.4. The highest BCUT2D eigenvalue weighted by molar-refractivity contribution is 5.98. The summed E-state index contributed by atoms with van der Waals surface area (Å²) in [7, 11) is 0. The second-order valence-corrected chi connectivity index (χ2v) is 8.23. The molecule has 8 heteroatoms. The molecule has 0 unspecified atom stereocenters. The first-order valence-corrected chi connectivity index (χ1v) is 10.0. The van der Waals surface area contributed by atoms with Gasteiger partial charge in [-0.2, -0.15) is 5.10 Å². The van der Waals surface area contributed by atoms with Gasteiger partial charge in [-0.15, -0.1) is 0 Å². The molecule has 3 aromatic rings. The quantitative estimate of drug-likeness (QED) is 0.592. The molecule has 0 bridgehead atoms. The molecular weight excluding hydrogens is 380 g/mol. The van der Waals surface area contributed by atoms with E-state index < -0.39 is 5.54 Å². The summed E-state index contributed by atoms with van der Waals surface area (Å²) in [5.74, 6) is 0.367. The Labute approximate surface area is 175 Å². The molecule has 2 aromatic heterocycles. The van der Waals surface area contributed by atoms with Crippen LogP contribution in [0.5, 0.6) is 0 Å². The van der Waals surface area contributed by atoms with Gasteiger partial charge >= 0.3 is 0 Å². The minimum atomic E-state index is -0.557. The molecule has 8 nitrogen and oxygen atoms in total. The fourth-order valence-corrected chi connectivity index (χ4v) is 3.29. The van der Waals surface area contributed by atoms with Crippen molar-refractivity contribution >= 4 is 28.5 Å². The summed E-state index contributed by atoms with van der Waals surface area (Å²) in [6.45, 7) is 7.88. The number of amides is 1. The van der Waals surface area contributed by atoms with Crippen molar-refractivity contribution in [2.45, 2.75) is 52.5 Å². The topological polar surface area (TPSA) is 116 Å². The first-order valence-electron chi connectivity index (χ1n) is 10.0. The summed E-state index contributed by atoms with van der Waals surface area (Å²) < 4.78 is 1.80. The maximum Gasteiger partial charge on any atom is 0.220 e. The van der Waals surface area contributed by atoms with Crippen LogP contribution in [0.25, 0.3) is 22.3 Å². The fraction of sp³-hybridized carbons (Fsp3) is 0.409. The van der Waals surface area contributed by atoms with Crippen LogP contribution in [-0.4, -0.2) is 38.0 Å². The smallest absolute Gasteiger partial charge is 0.220 e. The van der Waals surface area contributed by atoms with E-state index in [0.717, 1.165) is 11.1 Å². The van der Waals surface area contributed by atoms with Gasteiger partial charge in [-0.3, -0.25) is 4.79 Å². The van der Waals surface area contributed by atoms with E-state index in [1.54, 1.807) is 4.68 Å². The Balaban J connectivity index is 1.89. The molecule has 0 spiro atoms. The SMILES string of the molecule is CC(=O)CCCC(=O)NCC(C)(C)n1nc(-c2ccc(C)cc2)c2c(N)ncnc21. The summed E-state index contributed by atoms with van der Waals surface area (Å²) in [6, 6.07) is 8.04. The van der Waals surface area contributed by atoms with E-state index in [9.17, 15) is 9.59 Å². The zero-order valence-corrected chi connectivity index (χ0v) is 17.9. The summed E-state index contributed by atoms with van der Waals surface area (Å²) in [5.41, 5.74) is 9.03. The zero-order chi connectivity index (χ0) is 21.9. The van der Waals surface area contributed by atoms with Gasteiger partial charge in [-0.25, -0.2) is 14.6 Å². The van der Waals surface area contributed by atoms with Crippen LogP contribution in [0.3, 0.4) is 0 Å². The number of Topliss-reactive ketones (excluding diaryl/α,β-unsaturated/α-hetero) is 1. The predicted octanol–water partition coefficient (Wildman–Crippen LogP) is 2.99. The number of aryl methyl sites for hydroxylation is 1. The Kier molecular flexibility index (Phi) is 6.14. The second kappa shape index (κ2) is 8.61. The van der Waals surface area contributed by atoms with Crippen molar-refractivity contribution in [1.82, 2.24) is 25.1 Å². The van der Waals surface area contributed by atoms with Gasteiger partial charge in [0.1, 0.15) is 23.6 Å². The number of anilines is 1. The van der Waals surface area contributed by atoms with Crippen molar-refractivity contribution in [2.75, 3.05) is 12.3 Å². The van der Waals surface area contributed by atoms with Crippen LogP contribution < -0.4 is 11.1 Å². The molecule has 0 saturated carbocycles. The van der Waals surface area contributed by atoms with Gasteiger partial charge < -0.3 is 15.8 Å². The number of nitrogens with one attached hydrogen (secondary N) is 1. The highest BCUT2D eigenvalue weighted by atomic mass is 16.1. The number of nitrogens with zero attached hydrogens (tertiary/aromatic N) is 4. The maximum atomic E-state index is 12.2. The number of carbonyl (C=O) groups is 2. The Bertz CT molecular complexity index is 1070. The molecule has 158 valence electrons. The number of ketones is 1. The number of carbonyl (C=O) groups excluding carboxylic acids is 2. The first-order chi connectivity index (χ1) is 14.2. The number of fused-ring (bicyclic) bond motifs is 1. The lowest BCUT2D eigenvalue weighted by molar-refractivity contribution is -0.121. The van der Waals surface area contributed by atoms with Gasteiger partial charge in [0.25, 0.3) is 0 Å². The number of hydrogen-bond acceptors (Lipinski definition) is 6. The van der Waals surface area contributed by atoms with E-state index in [2.05, 4.69) is 15.3 Å². The number of hydrogen-bond donors (Lipinski definition) is 2. The maximum absolute atomic E-state index is 12.2. The minimum Gasteiger partial charge on any atom is -0.383 e. The van der Waals surface area contributed by atoms with E-state index in [4.69, 9.17) is 10.8 Å². The Hall–Kier alpha value is -3.29. The highest BCUT2D eigenvalue weighted by Crippen LogP contribution is 2.32. The van der Waals surface area contributed by atoms with Crippen LogP contribution in [0, 0.1) is 6.92 Å². The third-order valence-corrected chi connectivity index (χ3v) is 5.04. The van der Waals surface area contributed by atoms with Crippen molar-refractivity contribution in [3.05, 3.63) is 36.2 Å². The van der Waals surface area contributed by atoms with Crippen molar-refractivity contribution < 1.29 is 9.59 Å². The molecule has 3 N–H and O–H groups in total. The number of aromatic nitrogens is 4. The van der Waals surface area contributed by atoms with Gasteiger partial charge in [-0.1, -0.05) is 29.8 Å². The number of nitrogens with two attached hydrogens (primary N) is 1. The molecule has 1 amide bonds. The van der Waals surface area contributed by atoms with Crippen molar-refractivity contribution in [1.29, 1.82) is 0 Å². The van der Waals surface area contributed by atoms with E-state index in [0.29, 0.717) is 48.4 Å². The molecule has 0 aliphatic rings. The molecule has 30 heavy (non-hydrogen) atoms. The third kappa shape index (κ3) is 4.64. The molecule has 0 saturated heterocycles. The van der Waals surface area contributed by atoms with Crippen molar-refractivity contribution in [3.8, 4) is 11.3 Å². The monoisotopic (exact) mass is 408 g/mol. The van der Waals surface area contributed by atoms with Crippen LogP contribution in [0.1, 0.15) is 45.6 Å². The lowest BCUT2D eigenvalue weighted by Gasteiger charge is -2.26. The number of nitrogen functional groups attached to an aromatic ring is 1. The Morgan fingerprint density at radius 2 is 1.83 bits per heavy atom. The number of benzene rings is 1. The average Bonchev–Trinajstić information content (AvgIpc) is 3.09. The standard InChI is InChI=1S/C22H28N6O2/c1-14-8-10-16(11-9-14)19-18-20(23)25-13-26-21(18)28(27-19)22(3,4)12-24-17(30)7-5-6-15(2)29/h8-11,13H,5-7,12H2,1-4H3,(H,24,30)(H2,23,25,26). The molecular formula is C22H28N6O2. The lowest BCUT2D eigenvalue weighted by atomic mass is 10.1. The zero-order valence-electron chi connectivity index (χ0n) is 17.9. The van der Waals surface area contributed by atoms with Crippen LogP contribution in [-0.2, 0) is 15.1 Å². The molecule has 0 aliphatic carbocycles. The molecule has 0 fully saturated rings. The van der Waals surface area contributed by atoms with E-state index >= 15 is 0 Å². The molecule has 0 radical (unpaired) electrons. The highest BCUT2D eigenvalue weighted by Gasteiger charge is 2.28. The van der Waals surface area contributed by atoms with E-state index in [1.807, 2.05) is 45.0 Å². The molecule has 2 heterocycles. The van der Waals surface area contributed by atoms with Crippen LogP contribution >= 0.6 is 0 Å². The second-order valence-electron chi connectivity index (χ2n) is 8.23. The number of rotatable bonds is 8. The molecule has 0 aliphatic heterocycles. The molecule has 0 atom stereocenters. The van der Waals surface area contributed by atoms with E-state index in [-0.39, 0.29) is 11.7 Å².